The first-order valence-electron chi connectivity index (χ1n) is 6.93. The van der Waals surface area contributed by atoms with Gasteiger partial charge in [0.25, 0.3) is 0 Å². The van der Waals surface area contributed by atoms with Crippen molar-refractivity contribution in [3.8, 4) is 0 Å². The minimum absolute atomic E-state index is 0.491. The van der Waals surface area contributed by atoms with Crippen LogP contribution in [0.4, 0.5) is 0 Å². The summed E-state index contributed by atoms with van der Waals surface area (Å²) in [6.07, 6.45) is 2.70. The Bertz CT molecular complexity index is 540. The summed E-state index contributed by atoms with van der Waals surface area (Å²) in [4.78, 5) is 4.53. The highest BCUT2D eigenvalue weighted by atomic mass is 32.1. The number of benzene rings is 1. The molecular weight excluding hydrogens is 252 g/mol. The van der Waals surface area contributed by atoms with Crippen LogP contribution in [-0.4, -0.2) is 4.98 Å². The molecule has 2 aromatic rings. The zero-order valence-electron chi connectivity index (χ0n) is 11.5. The average Bonchev–Trinajstić information content (AvgIpc) is 3.15. The third-order valence-corrected chi connectivity index (χ3v) is 4.64. The molecule has 0 aliphatic heterocycles. The van der Waals surface area contributed by atoms with Crippen LogP contribution < -0.4 is 5.32 Å². The van der Waals surface area contributed by atoms with Crippen molar-refractivity contribution in [1.82, 2.24) is 10.3 Å². The van der Waals surface area contributed by atoms with Crippen LogP contribution in [-0.2, 0) is 6.54 Å². The van der Waals surface area contributed by atoms with Crippen LogP contribution in [0.2, 0.25) is 0 Å². The van der Waals surface area contributed by atoms with E-state index < -0.39 is 0 Å². The first-order chi connectivity index (χ1) is 9.22. The summed E-state index contributed by atoms with van der Waals surface area (Å²) in [7, 11) is 0. The van der Waals surface area contributed by atoms with Gasteiger partial charge in [-0.05, 0) is 38.2 Å². The van der Waals surface area contributed by atoms with Gasteiger partial charge in [-0.3, -0.25) is 0 Å². The van der Waals surface area contributed by atoms with Crippen molar-refractivity contribution in [2.45, 2.75) is 39.3 Å². The van der Waals surface area contributed by atoms with Crippen LogP contribution in [0, 0.1) is 19.8 Å². The number of rotatable bonds is 5. The van der Waals surface area contributed by atoms with Crippen LogP contribution in [0.25, 0.3) is 0 Å². The lowest BCUT2D eigenvalue weighted by atomic mass is 10.0. The fraction of sp³-hybridized carbons (Fsp3) is 0.438. The van der Waals surface area contributed by atoms with Gasteiger partial charge in [-0.2, -0.15) is 0 Å². The second-order valence-corrected chi connectivity index (χ2v) is 6.43. The summed E-state index contributed by atoms with van der Waals surface area (Å²) in [5.41, 5.74) is 3.87. The Hall–Kier alpha value is -1.19. The number of aromatic nitrogens is 1. The van der Waals surface area contributed by atoms with Crippen LogP contribution in [0.15, 0.2) is 29.6 Å². The third kappa shape index (κ3) is 3.23. The van der Waals surface area contributed by atoms with Gasteiger partial charge in [0.2, 0.25) is 0 Å². The number of thiazole rings is 1. The molecule has 1 N–H and O–H groups in total. The topological polar surface area (TPSA) is 24.9 Å². The minimum atomic E-state index is 0.491. The Morgan fingerprint density at radius 2 is 2.00 bits per heavy atom. The Kier molecular flexibility index (Phi) is 3.67. The fourth-order valence-corrected chi connectivity index (χ4v) is 3.16. The number of hydrogen-bond donors (Lipinski definition) is 1. The standard InChI is InChI=1S/C16H20N2S/c1-11-3-5-13(6-4-11)16(14-7-8-14)17-9-15-18-12(2)10-19-15/h3-6,10,14,16-17H,7-9H2,1-2H3. The van der Waals surface area contributed by atoms with Crippen molar-refractivity contribution < 1.29 is 0 Å². The van der Waals surface area contributed by atoms with Crippen LogP contribution in [0.5, 0.6) is 0 Å². The predicted molar refractivity (Wildman–Crippen MR) is 80.3 cm³/mol. The zero-order valence-corrected chi connectivity index (χ0v) is 12.3. The molecule has 0 radical (unpaired) electrons. The Balaban J connectivity index is 1.69. The Labute approximate surface area is 118 Å². The quantitative estimate of drug-likeness (QED) is 0.890. The van der Waals surface area contributed by atoms with Gasteiger partial charge in [0.1, 0.15) is 5.01 Å². The minimum Gasteiger partial charge on any atom is -0.303 e. The van der Waals surface area contributed by atoms with E-state index >= 15 is 0 Å². The van der Waals surface area contributed by atoms with Gasteiger partial charge in [-0.25, -0.2) is 4.98 Å². The molecular formula is C16H20N2S. The molecule has 2 nitrogen and oxygen atoms in total. The summed E-state index contributed by atoms with van der Waals surface area (Å²) < 4.78 is 0. The zero-order chi connectivity index (χ0) is 13.2. The summed E-state index contributed by atoms with van der Waals surface area (Å²) in [6, 6.07) is 9.43. The van der Waals surface area contributed by atoms with Gasteiger partial charge in [-0.15, -0.1) is 11.3 Å². The first-order valence-corrected chi connectivity index (χ1v) is 7.81. The average molecular weight is 272 g/mol. The van der Waals surface area contributed by atoms with E-state index in [-0.39, 0.29) is 0 Å². The van der Waals surface area contributed by atoms with Gasteiger partial charge < -0.3 is 5.32 Å². The maximum atomic E-state index is 4.53. The van der Waals surface area contributed by atoms with Gasteiger partial charge in [-0.1, -0.05) is 29.8 Å². The number of nitrogens with one attached hydrogen (secondary N) is 1. The number of hydrogen-bond acceptors (Lipinski definition) is 3. The largest absolute Gasteiger partial charge is 0.303 e. The summed E-state index contributed by atoms with van der Waals surface area (Å²) in [5, 5.41) is 7.01. The van der Waals surface area contributed by atoms with E-state index in [9.17, 15) is 0 Å². The Morgan fingerprint density at radius 1 is 1.26 bits per heavy atom. The number of aryl methyl sites for hydroxylation is 2. The molecule has 1 aliphatic rings. The van der Waals surface area contributed by atoms with E-state index in [0.29, 0.717) is 6.04 Å². The second kappa shape index (κ2) is 5.43. The first kappa shape index (κ1) is 12.8. The van der Waals surface area contributed by atoms with Crippen molar-refractivity contribution in [3.63, 3.8) is 0 Å². The van der Waals surface area contributed by atoms with Crippen molar-refractivity contribution in [2.75, 3.05) is 0 Å². The van der Waals surface area contributed by atoms with E-state index in [1.54, 1.807) is 11.3 Å². The molecule has 0 saturated heterocycles. The van der Waals surface area contributed by atoms with Crippen LogP contribution >= 0.6 is 11.3 Å². The molecule has 0 bridgehead atoms. The second-order valence-electron chi connectivity index (χ2n) is 5.49. The lowest BCUT2D eigenvalue weighted by Crippen LogP contribution is -2.22. The SMILES string of the molecule is Cc1ccc(C(NCc2nc(C)cs2)C2CC2)cc1. The fourth-order valence-electron chi connectivity index (χ4n) is 2.44. The van der Waals surface area contributed by atoms with E-state index in [4.69, 9.17) is 0 Å². The van der Waals surface area contributed by atoms with Gasteiger partial charge >= 0.3 is 0 Å². The van der Waals surface area contributed by atoms with E-state index in [0.717, 1.165) is 18.2 Å². The molecule has 0 spiro atoms. The molecule has 1 unspecified atom stereocenters. The molecule has 1 fully saturated rings. The summed E-state index contributed by atoms with van der Waals surface area (Å²) in [6.45, 7) is 5.08. The highest BCUT2D eigenvalue weighted by molar-refractivity contribution is 7.09. The molecule has 1 aromatic heterocycles. The Morgan fingerprint density at radius 3 is 2.58 bits per heavy atom. The predicted octanol–water partition coefficient (Wildman–Crippen LogP) is 4.00. The molecule has 1 saturated carbocycles. The van der Waals surface area contributed by atoms with Gasteiger partial charge in [0, 0.05) is 23.7 Å². The van der Waals surface area contributed by atoms with E-state index in [2.05, 4.69) is 53.8 Å². The van der Waals surface area contributed by atoms with Crippen LogP contribution in [0.1, 0.15) is 40.7 Å². The third-order valence-electron chi connectivity index (χ3n) is 3.67. The molecule has 3 rings (SSSR count). The molecule has 3 heteroatoms. The highest BCUT2D eigenvalue weighted by Crippen LogP contribution is 2.41. The van der Waals surface area contributed by atoms with Gasteiger partial charge in [0.15, 0.2) is 0 Å². The van der Waals surface area contributed by atoms with E-state index in [1.165, 1.54) is 29.0 Å². The maximum Gasteiger partial charge on any atom is 0.107 e. The van der Waals surface area contributed by atoms with Crippen molar-refractivity contribution in [1.29, 1.82) is 0 Å². The maximum absolute atomic E-state index is 4.53. The lowest BCUT2D eigenvalue weighted by Gasteiger charge is -2.18. The normalized spacial score (nSPS) is 16.5. The van der Waals surface area contributed by atoms with Crippen LogP contribution in [0.3, 0.4) is 0 Å². The smallest absolute Gasteiger partial charge is 0.107 e. The highest BCUT2D eigenvalue weighted by Gasteiger charge is 2.31. The van der Waals surface area contributed by atoms with Crippen molar-refractivity contribution in [2.24, 2.45) is 5.92 Å². The summed E-state index contributed by atoms with van der Waals surface area (Å²) >= 11 is 1.75. The monoisotopic (exact) mass is 272 g/mol. The lowest BCUT2D eigenvalue weighted by molar-refractivity contribution is 0.479. The molecule has 1 heterocycles. The summed E-state index contributed by atoms with van der Waals surface area (Å²) in [5.74, 6) is 0.809. The molecule has 1 aromatic carbocycles. The molecule has 0 amide bonds. The number of nitrogens with zero attached hydrogens (tertiary/aromatic N) is 1. The van der Waals surface area contributed by atoms with E-state index in [1.807, 2.05) is 0 Å². The molecule has 19 heavy (non-hydrogen) atoms. The van der Waals surface area contributed by atoms with Crippen molar-refractivity contribution >= 4 is 11.3 Å². The molecule has 100 valence electrons. The van der Waals surface area contributed by atoms with Crippen molar-refractivity contribution in [3.05, 3.63) is 51.5 Å². The van der Waals surface area contributed by atoms with Gasteiger partial charge in [0.05, 0.1) is 0 Å². The molecule has 1 atom stereocenters. The molecule has 1 aliphatic carbocycles.